The van der Waals surface area contributed by atoms with Gasteiger partial charge in [0.25, 0.3) is 0 Å². The molecule has 0 aromatic heterocycles. The number of cyclic esters (lactones) is 1. The summed E-state index contributed by atoms with van der Waals surface area (Å²) in [5.74, 6) is 0.919. The van der Waals surface area contributed by atoms with E-state index in [1.165, 1.54) is 44.1 Å². The van der Waals surface area contributed by atoms with E-state index in [9.17, 15) is 14.7 Å². The van der Waals surface area contributed by atoms with Crippen LogP contribution >= 0.6 is 0 Å². The molecule has 1 aliphatic heterocycles. The van der Waals surface area contributed by atoms with E-state index in [0.29, 0.717) is 37.7 Å². The number of carbonyl (C=O) groups is 2. The van der Waals surface area contributed by atoms with Crippen molar-refractivity contribution in [1.29, 1.82) is 0 Å². The molecule has 0 amide bonds. The van der Waals surface area contributed by atoms with Gasteiger partial charge in [0.15, 0.2) is 0 Å². The van der Waals surface area contributed by atoms with Crippen LogP contribution < -0.4 is 0 Å². The molecule has 0 saturated heterocycles. The maximum atomic E-state index is 13.2. The number of rotatable bonds is 13. The average molecular weight is 607 g/mol. The summed E-state index contributed by atoms with van der Waals surface area (Å²) in [6.07, 6.45) is 18.5. The molecule has 5 heteroatoms. The summed E-state index contributed by atoms with van der Waals surface area (Å²) < 4.78 is 11.5. The van der Waals surface area contributed by atoms with Gasteiger partial charge in [-0.25, -0.2) is 4.79 Å². The predicted molar refractivity (Wildman–Crippen MR) is 175 cm³/mol. The third-order valence-electron chi connectivity index (χ3n) is 12.8. The second-order valence-electron chi connectivity index (χ2n) is 15.5. The van der Waals surface area contributed by atoms with Crippen molar-refractivity contribution in [2.75, 3.05) is 6.61 Å². The van der Waals surface area contributed by atoms with E-state index in [1.807, 2.05) is 0 Å². The summed E-state index contributed by atoms with van der Waals surface area (Å²) in [6, 6.07) is 10.8. The van der Waals surface area contributed by atoms with E-state index in [1.54, 1.807) is 13.0 Å². The van der Waals surface area contributed by atoms with Crippen LogP contribution in [-0.4, -0.2) is 35.4 Å². The van der Waals surface area contributed by atoms with Gasteiger partial charge in [-0.05, 0) is 98.5 Å². The van der Waals surface area contributed by atoms with Gasteiger partial charge < -0.3 is 14.6 Å². The zero-order valence-corrected chi connectivity index (χ0v) is 28.0. The SMILES string of the molecule is CC(=O)O[C@@H]1C[C@H](C)[C@](O)(CCC2=CC(=O)OC2)[C@@]2(CCC[C@H](C)CCCc3ccccc3)CCC[C@@](C)(C3CCCC3)[C@@H]12. The van der Waals surface area contributed by atoms with Gasteiger partial charge in [0.2, 0.25) is 0 Å². The standard InChI is InChI=1S/C39H58O5/c1-28(13-10-17-31-15-6-5-7-16-31)14-11-22-38-23-12-21-37(4,33-18-8-9-19-33)36(38)34(44-30(3)40)25-29(2)39(38,42)24-20-32-26-35(41)43-27-32/h5-7,15-16,26,28-29,33-34,36,42H,8-14,17-25,27H2,1-4H3/t28-,29+,34-,36-,37+,38+,39-/m1/s1. The minimum absolute atomic E-state index is 0.00375. The second-order valence-corrected chi connectivity index (χ2v) is 15.5. The van der Waals surface area contributed by atoms with E-state index in [4.69, 9.17) is 9.47 Å². The number of benzene rings is 1. The molecular weight excluding hydrogens is 548 g/mol. The lowest BCUT2D eigenvalue weighted by molar-refractivity contribution is -0.268. The third kappa shape index (κ3) is 6.83. The van der Waals surface area contributed by atoms with Crippen molar-refractivity contribution in [3.05, 3.63) is 47.5 Å². The predicted octanol–water partition coefficient (Wildman–Crippen LogP) is 8.76. The van der Waals surface area contributed by atoms with E-state index >= 15 is 0 Å². The van der Waals surface area contributed by atoms with Gasteiger partial charge in [-0.15, -0.1) is 0 Å². The highest BCUT2D eigenvalue weighted by Crippen LogP contribution is 2.69. The third-order valence-corrected chi connectivity index (χ3v) is 12.8. The Morgan fingerprint density at radius 3 is 2.45 bits per heavy atom. The first-order valence-corrected chi connectivity index (χ1v) is 17.9. The molecule has 244 valence electrons. The fourth-order valence-corrected chi connectivity index (χ4v) is 10.6. The van der Waals surface area contributed by atoms with Gasteiger partial charge in [0.05, 0.1) is 5.60 Å². The summed E-state index contributed by atoms with van der Waals surface area (Å²) in [4.78, 5) is 24.5. The molecule has 0 bridgehead atoms. The highest BCUT2D eigenvalue weighted by molar-refractivity contribution is 5.85. The van der Waals surface area contributed by atoms with Crippen molar-refractivity contribution in [3.8, 4) is 0 Å². The molecule has 4 aliphatic rings. The summed E-state index contributed by atoms with van der Waals surface area (Å²) in [6.45, 7) is 8.98. The normalized spacial score (nSPS) is 34.7. The molecule has 1 aromatic rings. The Morgan fingerprint density at radius 2 is 1.77 bits per heavy atom. The number of fused-ring (bicyclic) bond motifs is 1. The maximum absolute atomic E-state index is 13.2. The Balaban J connectivity index is 1.41. The van der Waals surface area contributed by atoms with Gasteiger partial charge in [-0.1, -0.05) is 89.6 Å². The van der Waals surface area contributed by atoms with Crippen LogP contribution in [0.5, 0.6) is 0 Å². The van der Waals surface area contributed by atoms with Gasteiger partial charge in [-0.3, -0.25) is 4.79 Å². The average Bonchev–Trinajstić information content (AvgIpc) is 3.68. The van der Waals surface area contributed by atoms with Crippen LogP contribution in [0.4, 0.5) is 0 Å². The Bertz CT molecular complexity index is 1150. The molecule has 0 radical (unpaired) electrons. The van der Waals surface area contributed by atoms with Crippen LogP contribution in [0.2, 0.25) is 0 Å². The number of ether oxygens (including phenoxy) is 2. The lowest BCUT2D eigenvalue weighted by atomic mass is 9.39. The van der Waals surface area contributed by atoms with Crippen molar-refractivity contribution in [2.24, 2.45) is 34.5 Å². The fourth-order valence-electron chi connectivity index (χ4n) is 10.6. The molecule has 7 atom stereocenters. The number of carbonyl (C=O) groups excluding carboxylic acids is 2. The summed E-state index contributed by atoms with van der Waals surface area (Å²) in [7, 11) is 0. The van der Waals surface area contributed by atoms with Crippen molar-refractivity contribution in [3.63, 3.8) is 0 Å². The Morgan fingerprint density at radius 1 is 1.05 bits per heavy atom. The molecular formula is C39H58O5. The van der Waals surface area contributed by atoms with Crippen molar-refractivity contribution >= 4 is 11.9 Å². The van der Waals surface area contributed by atoms with Gasteiger partial charge >= 0.3 is 11.9 Å². The number of aryl methyl sites for hydroxylation is 1. The van der Waals surface area contributed by atoms with Crippen LogP contribution in [0.3, 0.4) is 0 Å². The Kier molecular flexibility index (Phi) is 10.6. The molecule has 0 spiro atoms. The Labute approximate surface area is 266 Å². The zero-order chi connectivity index (χ0) is 31.4. The van der Waals surface area contributed by atoms with Crippen molar-refractivity contribution < 1.29 is 24.2 Å². The zero-order valence-electron chi connectivity index (χ0n) is 28.0. The molecule has 3 saturated carbocycles. The van der Waals surface area contributed by atoms with E-state index < -0.39 is 5.60 Å². The topological polar surface area (TPSA) is 72.8 Å². The van der Waals surface area contributed by atoms with E-state index in [0.717, 1.165) is 50.5 Å². The quantitative estimate of drug-likeness (QED) is 0.227. The van der Waals surface area contributed by atoms with Crippen LogP contribution in [0.1, 0.15) is 130 Å². The number of aliphatic hydroxyl groups is 1. The lowest BCUT2D eigenvalue weighted by Gasteiger charge is -2.67. The van der Waals surface area contributed by atoms with Crippen LogP contribution in [0, 0.1) is 34.5 Å². The van der Waals surface area contributed by atoms with E-state index in [-0.39, 0.29) is 40.7 Å². The minimum atomic E-state index is -0.891. The molecule has 5 nitrogen and oxygen atoms in total. The first-order valence-electron chi connectivity index (χ1n) is 17.9. The molecule has 3 fully saturated rings. The van der Waals surface area contributed by atoms with E-state index in [2.05, 4.69) is 51.1 Å². The summed E-state index contributed by atoms with van der Waals surface area (Å²) in [5.41, 5.74) is 1.23. The molecule has 3 aliphatic carbocycles. The molecule has 0 unspecified atom stereocenters. The van der Waals surface area contributed by atoms with Gasteiger partial charge in [0, 0.05) is 24.3 Å². The number of hydrogen-bond donors (Lipinski definition) is 1. The second kappa shape index (κ2) is 14.1. The minimum Gasteiger partial charge on any atom is -0.462 e. The van der Waals surface area contributed by atoms with Gasteiger partial charge in [0.1, 0.15) is 12.7 Å². The summed E-state index contributed by atoms with van der Waals surface area (Å²) in [5, 5.41) is 13.2. The largest absolute Gasteiger partial charge is 0.462 e. The molecule has 44 heavy (non-hydrogen) atoms. The van der Waals surface area contributed by atoms with Crippen molar-refractivity contribution in [1.82, 2.24) is 0 Å². The Hall–Kier alpha value is -2.14. The van der Waals surface area contributed by atoms with Gasteiger partial charge in [-0.2, -0.15) is 0 Å². The fraction of sp³-hybridized carbons (Fsp3) is 0.744. The summed E-state index contributed by atoms with van der Waals surface area (Å²) >= 11 is 0. The van der Waals surface area contributed by atoms with Crippen LogP contribution in [0.25, 0.3) is 0 Å². The first-order chi connectivity index (χ1) is 21.1. The molecule has 1 N–H and O–H groups in total. The number of esters is 2. The highest BCUT2D eigenvalue weighted by Gasteiger charge is 2.68. The lowest BCUT2D eigenvalue weighted by Crippen LogP contribution is -2.69. The molecule has 1 aromatic carbocycles. The molecule has 5 rings (SSSR count). The first kappa shape index (κ1) is 33.2. The van der Waals surface area contributed by atoms with Crippen LogP contribution in [-0.2, 0) is 25.5 Å². The monoisotopic (exact) mass is 606 g/mol. The number of hydrogen-bond acceptors (Lipinski definition) is 5. The molecule has 1 heterocycles. The maximum Gasteiger partial charge on any atom is 0.331 e. The van der Waals surface area contributed by atoms with Crippen LogP contribution in [0.15, 0.2) is 42.0 Å². The smallest absolute Gasteiger partial charge is 0.331 e. The highest BCUT2D eigenvalue weighted by atomic mass is 16.5. The van der Waals surface area contributed by atoms with Crippen molar-refractivity contribution in [2.45, 2.75) is 142 Å².